The minimum Gasteiger partial charge on any atom is -0.255 e. The maximum atomic E-state index is 6.00. The third kappa shape index (κ3) is 3.51. The van der Waals surface area contributed by atoms with E-state index in [1.165, 1.54) is 11.1 Å². The van der Waals surface area contributed by atoms with Crippen molar-refractivity contribution in [2.24, 2.45) is 0 Å². The van der Waals surface area contributed by atoms with Gasteiger partial charge in [-0.2, -0.15) is 0 Å². The summed E-state index contributed by atoms with van der Waals surface area (Å²) in [4.78, 5) is 0. The van der Waals surface area contributed by atoms with Gasteiger partial charge < -0.3 is 0 Å². The maximum Gasteiger partial charge on any atom is -0.0307 e. The number of rotatable bonds is 2. The summed E-state index contributed by atoms with van der Waals surface area (Å²) in [6.07, 6.45) is 2.29. The van der Waals surface area contributed by atoms with Gasteiger partial charge in [0.05, 0.1) is 0 Å². The summed E-state index contributed by atoms with van der Waals surface area (Å²) in [5.74, 6) is 0. The smallest absolute Gasteiger partial charge is 0.0307 e. The van der Waals surface area contributed by atoms with E-state index in [0.29, 0.717) is 0 Å². The van der Waals surface area contributed by atoms with E-state index in [1.54, 1.807) is 0 Å². The average Bonchev–Trinajstić information content (AvgIpc) is 2.21. The van der Waals surface area contributed by atoms with Crippen molar-refractivity contribution in [2.75, 3.05) is 0 Å². The van der Waals surface area contributed by atoms with E-state index in [1.807, 2.05) is 0 Å². The molecule has 0 aromatic heterocycles. The Kier molecular flexibility index (Phi) is 6.34. The lowest BCUT2D eigenvalue weighted by Crippen LogP contribution is -1.83. The molecule has 0 amide bonds. The SMILES string of the molecule is CCc1cccc(CC)c1.OO. The third-order valence-electron chi connectivity index (χ3n) is 1.81. The topological polar surface area (TPSA) is 40.5 Å². The molecule has 1 aromatic carbocycles. The molecular formula is C10H16O2. The zero-order valence-electron chi connectivity index (χ0n) is 7.62. The molecule has 0 fully saturated rings. The van der Waals surface area contributed by atoms with Crippen LogP contribution in [0.25, 0.3) is 0 Å². The van der Waals surface area contributed by atoms with Crippen LogP contribution in [0, 0.1) is 0 Å². The van der Waals surface area contributed by atoms with Crippen molar-refractivity contribution in [3.63, 3.8) is 0 Å². The molecule has 0 spiro atoms. The quantitative estimate of drug-likeness (QED) is 0.526. The van der Waals surface area contributed by atoms with E-state index in [9.17, 15) is 0 Å². The standard InChI is InChI=1S/C10H14.H2O2/c1-3-9-6-5-7-10(4-2)8-9;1-2/h5-8H,3-4H2,1-2H3;1-2H. The van der Waals surface area contributed by atoms with Crippen molar-refractivity contribution in [1.82, 2.24) is 0 Å². The minimum absolute atomic E-state index is 1.15. The molecule has 12 heavy (non-hydrogen) atoms. The molecule has 1 rings (SSSR count). The first-order chi connectivity index (χ1) is 5.86. The van der Waals surface area contributed by atoms with Gasteiger partial charge in [-0.05, 0) is 24.0 Å². The second kappa shape index (κ2) is 6.83. The lowest BCUT2D eigenvalue weighted by atomic mass is 10.1. The molecule has 1 aromatic rings. The van der Waals surface area contributed by atoms with Crippen molar-refractivity contribution in [3.05, 3.63) is 35.4 Å². The zero-order valence-corrected chi connectivity index (χ0v) is 7.62. The zero-order chi connectivity index (χ0) is 9.40. The molecule has 0 unspecified atom stereocenters. The van der Waals surface area contributed by atoms with Crippen molar-refractivity contribution in [2.45, 2.75) is 26.7 Å². The molecule has 0 atom stereocenters. The van der Waals surface area contributed by atoms with E-state index in [2.05, 4.69) is 38.1 Å². The number of aryl methyl sites for hydroxylation is 2. The molecule has 0 saturated carbocycles. The first-order valence-electron chi connectivity index (χ1n) is 4.14. The molecule has 2 nitrogen and oxygen atoms in total. The van der Waals surface area contributed by atoms with Crippen LogP contribution < -0.4 is 0 Å². The summed E-state index contributed by atoms with van der Waals surface area (Å²) < 4.78 is 0. The molecular weight excluding hydrogens is 152 g/mol. The fourth-order valence-corrected chi connectivity index (χ4v) is 1.07. The van der Waals surface area contributed by atoms with Crippen LogP contribution in [0.4, 0.5) is 0 Å². The van der Waals surface area contributed by atoms with Gasteiger partial charge in [0.2, 0.25) is 0 Å². The Balaban J connectivity index is 0.000000561. The predicted octanol–water partition coefficient (Wildman–Crippen LogP) is 2.83. The Morgan fingerprint density at radius 1 is 1.00 bits per heavy atom. The van der Waals surface area contributed by atoms with E-state index in [4.69, 9.17) is 10.5 Å². The van der Waals surface area contributed by atoms with Gasteiger partial charge in [0, 0.05) is 0 Å². The largest absolute Gasteiger partial charge is 0.255 e. The Morgan fingerprint density at radius 2 is 1.42 bits per heavy atom. The fourth-order valence-electron chi connectivity index (χ4n) is 1.07. The monoisotopic (exact) mass is 168 g/mol. The number of hydrogen-bond donors (Lipinski definition) is 2. The van der Waals surface area contributed by atoms with E-state index in [-0.39, 0.29) is 0 Å². The highest BCUT2D eigenvalue weighted by molar-refractivity contribution is 5.23. The summed E-state index contributed by atoms with van der Waals surface area (Å²) >= 11 is 0. The van der Waals surface area contributed by atoms with Crippen LogP contribution >= 0.6 is 0 Å². The molecule has 0 aliphatic carbocycles. The summed E-state index contributed by atoms with van der Waals surface area (Å²) in [6.45, 7) is 4.38. The van der Waals surface area contributed by atoms with Gasteiger partial charge in [-0.3, -0.25) is 10.5 Å². The summed E-state index contributed by atoms with van der Waals surface area (Å²) in [6, 6.07) is 8.77. The van der Waals surface area contributed by atoms with Crippen molar-refractivity contribution in [1.29, 1.82) is 0 Å². The van der Waals surface area contributed by atoms with Gasteiger partial charge >= 0.3 is 0 Å². The van der Waals surface area contributed by atoms with Gasteiger partial charge in [0.1, 0.15) is 0 Å². The molecule has 0 heterocycles. The average molecular weight is 168 g/mol. The Hall–Kier alpha value is -0.860. The highest BCUT2D eigenvalue weighted by Gasteiger charge is 1.89. The van der Waals surface area contributed by atoms with E-state index in [0.717, 1.165) is 12.8 Å². The lowest BCUT2D eigenvalue weighted by Gasteiger charge is -1.98. The molecule has 2 heteroatoms. The Morgan fingerprint density at radius 3 is 1.75 bits per heavy atom. The first-order valence-corrected chi connectivity index (χ1v) is 4.14. The van der Waals surface area contributed by atoms with Gasteiger partial charge in [0.25, 0.3) is 0 Å². The summed E-state index contributed by atoms with van der Waals surface area (Å²) in [5.41, 5.74) is 2.89. The molecule has 68 valence electrons. The number of benzene rings is 1. The highest BCUT2D eigenvalue weighted by atomic mass is 17.0. The first kappa shape index (κ1) is 11.1. The van der Waals surface area contributed by atoms with Crippen molar-refractivity contribution >= 4 is 0 Å². The van der Waals surface area contributed by atoms with Crippen LogP contribution in [0.2, 0.25) is 0 Å². The van der Waals surface area contributed by atoms with Crippen LogP contribution in [0.15, 0.2) is 24.3 Å². The highest BCUT2D eigenvalue weighted by Crippen LogP contribution is 2.05. The summed E-state index contributed by atoms with van der Waals surface area (Å²) in [7, 11) is 0. The second-order valence-electron chi connectivity index (χ2n) is 2.53. The minimum atomic E-state index is 1.15. The molecule has 0 aliphatic rings. The molecule has 0 aliphatic heterocycles. The lowest BCUT2D eigenvalue weighted by molar-refractivity contribution is -0.176. The van der Waals surface area contributed by atoms with Crippen LogP contribution in [0.3, 0.4) is 0 Å². The van der Waals surface area contributed by atoms with Crippen molar-refractivity contribution < 1.29 is 10.5 Å². The summed E-state index contributed by atoms with van der Waals surface area (Å²) in [5, 5.41) is 12.0. The van der Waals surface area contributed by atoms with Crippen LogP contribution in [0.1, 0.15) is 25.0 Å². The van der Waals surface area contributed by atoms with Gasteiger partial charge in [-0.25, -0.2) is 0 Å². The Labute approximate surface area is 73.4 Å². The fraction of sp³-hybridized carbons (Fsp3) is 0.400. The van der Waals surface area contributed by atoms with E-state index >= 15 is 0 Å². The predicted molar refractivity (Wildman–Crippen MR) is 50.5 cm³/mol. The third-order valence-corrected chi connectivity index (χ3v) is 1.81. The molecule has 0 radical (unpaired) electrons. The normalized spacial score (nSPS) is 8.67. The van der Waals surface area contributed by atoms with Crippen LogP contribution in [-0.4, -0.2) is 10.5 Å². The van der Waals surface area contributed by atoms with Crippen molar-refractivity contribution in [3.8, 4) is 0 Å². The molecule has 0 bridgehead atoms. The Bertz CT molecular complexity index is 189. The van der Waals surface area contributed by atoms with Crippen LogP contribution in [0.5, 0.6) is 0 Å². The number of hydrogen-bond acceptors (Lipinski definition) is 2. The molecule has 0 saturated heterocycles. The van der Waals surface area contributed by atoms with Gasteiger partial charge in [-0.1, -0.05) is 38.1 Å². The van der Waals surface area contributed by atoms with Gasteiger partial charge in [-0.15, -0.1) is 0 Å². The van der Waals surface area contributed by atoms with Gasteiger partial charge in [0.15, 0.2) is 0 Å². The van der Waals surface area contributed by atoms with Crippen LogP contribution in [-0.2, 0) is 12.8 Å². The van der Waals surface area contributed by atoms with E-state index < -0.39 is 0 Å². The second-order valence-corrected chi connectivity index (χ2v) is 2.53. The molecule has 2 N–H and O–H groups in total. The maximum absolute atomic E-state index is 6.00.